The molecule has 1 aromatic carbocycles. The highest BCUT2D eigenvalue weighted by Crippen LogP contribution is 2.36. The van der Waals surface area contributed by atoms with Gasteiger partial charge in [0.25, 0.3) is 0 Å². The number of likely N-dealkylation sites (tertiary alicyclic amines) is 1. The SMILES string of the molecule is CCNC(=NCC(O)c1ccccc1F)N1CC2CCCCC2C1.I. The van der Waals surface area contributed by atoms with E-state index in [0.29, 0.717) is 5.56 Å². The summed E-state index contributed by atoms with van der Waals surface area (Å²) in [4.78, 5) is 6.90. The van der Waals surface area contributed by atoms with E-state index < -0.39 is 6.10 Å². The maximum Gasteiger partial charge on any atom is 0.194 e. The minimum atomic E-state index is -0.912. The Morgan fingerprint density at radius 2 is 1.92 bits per heavy atom. The van der Waals surface area contributed by atoms with E-state index in [2.05, 4.69) is 15.2 Å². The molecule has 4 nitrogen and oxygen atoms in total. The Hall–Kier alpha value is -0.890. The van der Waals surface area contributed by atoms with Crippen LogP contribution in [0.4, 0.5) is 4.39 Å². The summed E-state index contributed by atoms with van der Waals surface area (Å²) in [7, 11) is 0. The summed E-state index contributed by atoms with van der Waals surface area (Å²) in [5, 5.41) is 13.6. The van der Waals surface area contributed by atoms with Crippen LogP contribution in [0.25, 0.3) is 0 Å². The smallest absolute Gasteiger partial charge is 0.194 e. The third-order valence-corrected chi connectivity index (χ3v) is 5.29. The van der Waals surface area contributed by atoms with Gasteiger partial charge in [0.2, 0.25) is 0 Å². The molecule has 2 N–H and O–H groups in total. The molecule has 1 saturated carbocycles. The number of benzene rings is 1. The van der Waals surface area contributed by atoms with Crippen LogP contribution in [0, 0.1) is 17.7 Å². The van der Waals surface area contributed by atoms with Crippen LogP contribution in [-0.4, -0.2) is 42.1 Å². The van der Waals surface area contributed by atoms with Gasteiger partial charge in [-0.1, -0.05) is 31.0 Å². The predicted octanol–water partition coefficient (Wildman–Crippen LogP) is 3.56. The van der Waals surface area contributed by atoms with Crippen molar-refractivity contribution in [2.24, 2.45) is 16.8 Å². The molecule has 1 saturated heterocycles. The first-order chi connectivity index (χ1) is 11.7. The summed E-state index contributed by atoms with van der Waals surface area (Å²) in [5.74, 6) is 2.03. The minimum Gasteiger partial charge on any atom is -0.386 e. The van der Waals surface area contributed by atoms with Crippen molar-refractivity contribution in [3.8, 4) is 0 Å². The van der Waals surface area contributed by atoms with E-state index >= 15 is 0 Å². The largest absolute Gasteiger partial charge is 0.386 e. The lowest BCUT2D eigenvalue weighted by molar-refractivity contribution is 0.181. The maximum atomic E-state index is 13.8. The number of hydrogen-bond acceptors (Lipinski definition) is 2. The van der Waals surface area contributed by atoms with Crippen molar-refractivity contribution in [3.05, 3.63) is 35.6 Å². The Bertz CT molecular complexity index is 570. The number of aliphatic hydroxyl groups is 1. The zero-order valence-electron chi connectivity index (χ0n) is 14.8. The van der Waals surface area contributed by atoms with Gasteiger partial charge in [-0.2, -0.15) is 0 Å². The van der Waals surface area contributed by atoms with Crippen LogP contribution in [0.1, 0.15) is 44.3 Å². The molecule has 25 heavy (non-hydrogen) atoms. The van der Waals surface area contributed by atoms with Crippen LogP contribution >= 0.6 is 24.0 Å². The normalized spacial score (nSPS) is 24.4. The second kappa shape index (κ2) is 9.71. The monoisotopic (exact) mass is 461 g/mol. The van der Waals surface area contributed by atoms with Gasteiger partial charge in [0.15, 0.2) is 5.96 Å². The van der Waals surface area contributed by atoms with Crippen LogP contribution in [0.2, 0.25) is 0 Å². The summed E-state index contributed by atoms with van der Waals surface area (Å²) >= 11 is 0. The third kappa shape index (κ3) is 5.06. The molecule has 1 aliphatic carbocycles. The highest BCUT2D eigenvalue weighted by molar-refractivity contribution is 14.0. The van der Waals surface area contributed by atoms with Crippen molar-refractivity contribution in [1.29, 1.82) is 0 Å². The second-order valence-corrected chi connectivity index (χ2v) is 6.94. The summed E-state index contributed by atoms with van der Waals surface area (Å²) in [6.45, 7) is 5.11. The molecule has 6 heteroatoms. The molecule has 2 fully saturated rings. The van der Waals surface area contributed by atoms with Gasteiger partial charge < -0.3 is 15.3 Å². The lowest BCUT2D eigenvalue weighted by atomic mass is 9.82. The van der Waals surface area contributed by atoms with Gasteiger partial charge in [0.1, 0.15) is 11.9 Å². The molecule has 140 valence electrons. The fraction of sp³-hybridized carbons (Fsp3) is 0.632. The quantitative estimate of drug-likeness (QED) is 0.410. The first-order valence-corrected chi connectivity index (χ1v) is 9.14. The lowest BCUT2D eigenvalue weighted by Gasteiger charge is -2.22. The lowest BCUT2D eigenvalue weighted by Crippen LogP contribution is -2.40. The van der Waals surface area contributed by atoms with Crippen molar-refractivity contribution >= 4 is 29.9 Å². The van der Waals surface area contributed by atoms with E-state index in [9.17, 15) is 9.50 Å². The molecular formula is C19H29FIN3O. The molecule has 0 spiro atoms. The first kappa shape index (κ1) is 20.4. The van der Waals surface area contributed by atoms with E-state index in [0.717, 1.165) is 37.4 Å². The number of rotatable bonds is 4. The fourth-order valence-corrected chi connectivity index (χ4v) is 4.02. The summed E-state index contributed by atoms with van der Waals surface area (Å²) in [5.41, 5.74) is 0.312. The van der Waals surface area contributed by atoms with Crippen molar-refractivity contribution in [2.45, 2.75) is 38.7 Å². The highest BCUT2D eigenvalue weighted by atomic mass is 127. The number of aliphatic hydroxyl groups excluding tert-OH is 1. The molecule has 1 heterocycles. The fourth-order valence-electron chi connectivity index (χ4n) is 4.02. The molecule has 2 aliphatic rings. The number of halogens is 2. The van der Waals surface area contributed by atoms with E-state index in [1.54, 1.807) is 18.2 Å². The van der Waals surface area contributed by atoms with Crippen molar-refractivity contribution < 1.29 is 9.50 Å². The minimum absolute atomic E-state index is 0. The molecular weight excluding hydrogens is 432 g/mol. The molecule has 0 bridgehead atoms. The van der Waals surface area contributed by atoms with Gasteiger partial charge in [-0.05, 0) is 37.7 Å². The van der Waals surface area contributed by atoms with Crippen LogP contribution in [0.3, 0.4) is 0 Å². The molecule has 0 aromatic heterocycles. The topological polar surface area (TPSA) is 47.9 Å². The number of nitrogens with zero attached hydrogens (tertiary/aromatic N) is 2. The molecule has 1 aliphatic heterocycles. The maximum absolute atomic E-state index is 13.8. The van der Waals surface area contributed by atoms with Crippen LogP contribution in [-0.2, 0) is 0 Å². The number of nitrogens with one attached hydrogen (secondary N) is 1. The Morgan fingerprint density at radius 3 is 2.52 bits per heavy atom. The second-order valence-electron chi connectivity index (χ2n) is 6.94. The molecule has 3 rings (SSSR count). The Balaban J connectivity index is 0.00000225. The Morgan fingerprint density at radius 1 is 1.28 bits per heavy atom. The highest BCUT2D eigenvalue weighted by Gasteiger charge is 2.35. The number of hydrogen-bond donors (Lipinski definition) is 2. The third-order valence-electron chi connectivity index (χ3n) is 5.29. The standard InChI is InChI=1S/C19H28FN3O.HI/c1-2-21-19(23-12-14-7-3-4-8-15(14)13-23)22-11-18(24)16-9-5-6-10-17(16)20;/h5-6,9-10,14-15,18,24H,2-4,7-8,11-13H2,1H3,(H,21,22);1H. The van der Waals surface area contributed by atoms with Crippen LogP contribution in [0.5, 0.6) is 0 Å². The van der Waals surface area contributed by atoms with Crippen molar-refractivity contribution in [1.82, 2.24) is 10.2 Å². The molecule has 0 amide bonds. The molecule has 3 unspecified atom stereocenters. The zero-order valence-corrected chi connectivity index (χ0v) is 17.2. The van der Waals surface area contributed by atoms with Crippen LogP contribution < -0.4 is 5.32 Å². The van der Waals surface area contributed by atoms with E-state index in [1.165, 1.54) is 31.7 Å². The molecule has 1 aromatic rings. The summed E-state index contributed by atoms with van der Waals surface area (Å²) in [6, 6.07) is 6.36. The summed E-state index contributed by atoms with van der Waals surface area (Å²) in [6.07, 6.45) is 4.41. The van der Waals surface area contributed by atoms with Gasteiger partial charge in [-0.15, -0.1) is 24.0 Å². The molecule has 0 radical (unpaired) electrons. The van der Waals surface area contributed by atoms with E-state index in [4.69, 9.17) is 0 Å². The number of fused-ring (bicyclic) bond motifs is 1. The van der Waals surface area contributed by atoms with Crippen LogP contribution in [0.15, 0.2) is 29.3 Å². The molecule has 3 atom stereocenters. The predicted molar refractivity (Wildman–Crippen MR) is 110 cm³/mol. The number of guanidine groups is 1. The average Bonchev–Trinajstić information content (AvgIpc) is 3.02. The first-order valence-electron chi connectivity index (χ1n) is 9.14. The average molecular weight is 461 g/mol. The number of aliphatic imine (C=N–C) groups is 1. The van der Waals surface area contributed by atoms with Gasteiger partial charge in [-0.3, -0.25) is 4.99 Å². The Kier molecular flexibility index (Phi) is 7.93. The zero-order chi connectivity index (χ0) is 16.9. The van der Waals surface area contributed by atoms with Crippen molar-refractivity contribution in [3.63, 3.8) is 0 Å². The van der Waals surface area contributed by atoms with Gasteiger partial charge in [0, 0.05) is 25.2 Å². The van der Waals surface area contributed by atoms with Gasteiger partial charge in [-0.25, -0.2) is 4.39 Å². The van der Waals surface area contributed by atoms with Gasteiger partial charge >= 0.3 is 0 Å². The van der Waals surface area contributed by atoms with E-state index in [1.807, 2.05) is 6.92 Å². The summed E-state index contributed by atoms with van der Waals surface area (Å²) < 4.78 is 13.8. The van der Waals surface area contributed by atoms with Gasteiger partial charge in [0.05, 0.1) is 6.54 Å². The van der Waals surface area contributed by atoms with Crippen molar-refractivity contribution in [2.75, 3.05) is 26.2 Å². The Labute approximate surface area is 166 Å². The van der Waals surface area contributed by atoms with E-state index in [-0.39, 0.29) is 36.3 Å².